The number of ether oxygens (including phenoxy) is 3. The molecule has 16 heteroatoms. The second-order valence-electron chi connectivity index (χ2n) is 12.2. The van der Waals surface area contributed by atoms with Crippen LogP contribution in [-0.2, 0) is 28.0 Å². The fraction of sp³-hybridized carbons (Fsp3) is 0.351. The van der Waals surface area contributed by atoms with Crippen LogP contribution in [0.15, 0.2) is 66.9 Å². The number of pyridine rings is 1. The Hall–Kier alpha value is -5.11. The van der Waals surface area contributed by atoms with Crippen LogP contribution in [0.2, 0.25) is 0 Å². The average molecular weight is 755 g/mol. The van der Waals surface area contributed by atoms with Gasteiger partial charge in [-0.3, -0.25) is 28.8 Å². The van der Waals surface area contributed by atoms with Crippen LogP contribution < -0.4 is 24.8 Å². The Morgan fingerprint density at radius 2 is 1.58 bits per heavy atom. The zero-order chi connectivity index (χ0) is 38.3. The summed E-state index contributed by atoms with van der Waals surface area (Å²) < 4.78 is 70.8. The highest BCUT2D eigenvalue weighted by Gasteiger charge is 2.57. The minimum atomic E-state index is -3.50. The second-order valence-corrected chi connectivity index (χ2v) is 14.2. The summed E-state index contributed by atoms with van der Waals surface area (Å²) in [6.07, 6.45) is 2.15. The third-order valence-electron chi connectivity index (χ3n) is 8.57. The van der Waals surface area contributed by atoms with Gasteiger partial charge in [0.25, 0.3) is 0 Å². The Labute approximate surface area is 305 Å². The number of aromatic nitrogens is 1. The molecule has 3 amide bonds. The third-order valence-corrected chi connectivity index (χ3v) is 10.6. The van der Waals surface area contributed by atoms with E-state index in [4.69, 9.17) is 29.0 Å². The van der Waals surface area contributed by atoms with Crippen molar-refractivity contribution in [3.8, 4) is 23.0 Å². The molecule has 0 saturated heterocycles. The molecule has 2 N–H and O–H groups in total. The van der Waals surface area contributed by atoms with Crippen molar-refractivity contribution in [1.29, 1.82) is 0 Å². The quantitative estimate of drug-likeness (QED) is 0.0632. The first kappa shape index (κ1) is 39.1. The topological polar surface area (TPSA) is 160 Å². The van der Waals surface area contributed by atoms with Crippen molar-refractivity contribution in [2.45, 2.75) is 40.0 Å². The Morgan fingerprint density at radius 1 is 0.906 bits per heavy atom. The summed E-state index contributed by atoms with van der Waals surface area (Å²) in [6.45, 7) is 5.46. The van der Waals surface area contributed by atoms with Crippen LogP contribution in [0.4, 0.5) is 20.2 Å². The van der Waals surface area contributed by atoms with Crippen molar-refractivity contribution >= 4 is 47.6 Å². The highest BCUT2D eigenvalue weighted by atomic mass is 31.2. The van der Waals surface area contributed by atoms with Crippen molar-refractivity contribution in [3.63, 3.8) is 0 Å². The molecule has 0 radical (unpaired) electrons. The number of carbonyl (C=O) groups is 3. The molecule has 53 heavy (non-hydrogen) atoms. The molecule has 1 heterocycles. The van der Waals surface area contributed by atoms with Crippen LogP contribution in [0.3, 0.4) is 0 Å². The van der Waals surface area contributed by atoms with Gasteiger partial charge in [0.15, 0.2) is 23.1 Å². The van der Waals surface area contributed by atoms with E-state index in [-0.39, 0.29) is 74.3 Å². The van der Waals surface area contributed by atoms with Crippen LogP contribution in [0.5, 0.6) is 23.0 Å². The van der Waals surface area contributed by atoms with Crippen molar-refractivity contribution in [1.82, 2.24) is 9.88 Å². The molecule has 1 aliphatic carbocycles. The molecule has 282 valence electrons. The maximum atomic E-state index is 15.8. The summed E-state index contributed by atoms with van der Waals surface area (Å²) in [4.78, 5) is 45.1. The number of halogens is 2. The lowest BCUT2D eigenvalue weighted by atomic mass is 10.0. The molecule has 3 aromatic carbocycles. The number of rotatable bonds is 18. The number of hydrogen-bond donors (Lipinski definition) is 1. The lowest BCUT2D eigenvalue weighted by Gasteiger charge is -2.26. The first-order valence-electron chi connectivity index (χ1n) is 16.9. The maximum Gasteiger partial charge on any atom is 0.349 e. The van der Waals surface area contributed by atoms with Gasteiger partial charge >= 0.3 is 7.60 Å². The number of amides is 3. The molecule has 0 spiro atoms. The van der Waals surface area contributed by atoms with Gasteiger partial charge in [-0.2, -0.15) is 0 Å². The van der Waals surface area contributed by atoms with Crippen molar-refractivity contribution in [2.75, 3.05) is 44.7 Å². The van der Waals surface area contributed by atoms with Gasteiger partial charge in [-0.15, -0.1) is 0 Å². The molecule has 0 bridgehead atoms. The largest absolute Gasteiger partial charge is 0.493 e. The Balaban J connectivity index is 1.36. The van der Waals surface area contributed by atoms with Gasteiger partial charge in [0.1, 0.15) is 23.3 Å². The van der Waals surface area contributed by atoms with E-state index in [1.807, 2.05) is 0 Å². The molecular formula is C37H41F2N4O9P. The molecule has 13 nitrogen and oxygen atoms in total. The maximum absolute atomic E-state index is 15.8. The number of methoxy groups -OCH3 is 1. The summed E-state index contributed by atoms with van der Waals surface area (Å²) >= 11 is 0. The lowest BCUT2D eigenvalue weighted by molar-refractivity contribution is -0.133. The van der Waals surface area contributed by atoms with E-state index < -0.39 is 36.5 Å². The van der Waals surface area contributed by atoms with Crippen LogP contribution in [0.1, 0.15) is 40.0 Å². The number of benzene rings is 3. The molecular weight excluding hydrogens is 713 g/mol. The lowest BCUT2D eigenvalue weighted by Crippen LogP contribution is -2.41. The smallest absolute Gasteiger partial charge is 0.349 e. The first-order valence-corrected chi connectivity index (χ1v) is 18.7. The van der Waals surface area contributed by atoms with E-state index in [0.29, 0.717) is 28.8 Å². The third kappa shape index (κ3) is 8.93. The minimum absolute atomic E-state index is 0.0842. The molecule has 0 aliphatic heterocycles. The molecule has 1 aliphatic rings. The van der Waals surface area contributed by atoms with E-state index in [1.54, 1.807) is 32.0 Å². The molecule has 0 unspecified atom stereocenters. The summed E-state index contributed by atoms with van der Waals surface area (Å²) in [5.74, 6) is -2.34. The summed E-state index contributed by atoms with van der Waals surface area (Å²) in [7, 11) is -2.03. The molecule has 0 atom stereocenters. The normalized spacial score (nSPS) is 13.3. The van der Waals surface area contributed by atoms with Gasteiger partial charge in [0, 0.05) is 42.9 Å². The highest BCUT2D eigenvalue weighted by molar-refractivity contribution is 7.53. The average Bonchev–Trinajstić information content (AvgIpc) is 3.94. The van der Waals surface area contributed by atoms with Gasteiger partial charge in [-0.25, -0.2) is 8.78 Å². The number of hydrogen-bond acceptors (Lipinski definition) is 10. The summed E-state index contributed by atoms with van der Waals surface area (Å²) in [5.41, 5.74) is 4.91. The predicted octanol–water partition coefficient (Wildman–Crippen LogP) is 7.09. The van der Waals surface area contributed by atoms with E-state index in [9.17, 15) is 23.3 Å². The number of anilines is 2. The summed E-state index contributed by atoms with van der Waals surface area (Å²) in [6, 6.07) is 13.7. The van der Waals surface area contributed by atoms with Gasteiger partial charge < -0.3 is 33.9 Å². The Kier molecular flexibility index (Phi) is 12.3. The van der Waals surface area contributed by atoms with Crippen molar-refractivity contribution in [3.05, 3.63) is 78.5 Å². The zero-order valence-corrected chi connectivity index (χ0v) is 30.7. The number of primary amides is 1. The van der Waals surface area contributed by atoms with Crippen LogP contribution >= 0.6 is 7.60 Å². The first-order chi connectivity index (χ1) is 25.3. The SMILES string of the molecule is CCOP(=O)(CN(CCCOc1cc2c(Oc3ccc(N(C(=O)C4(C(N)=O)CC4)c4ccc(F)cc4)cc3F)ccnc2cc1OC)C(C)=O)OCC. The Bertz CT molecular complexity index is 2020. The van der Waals surface area contributed by atoms with Crippen LogP contribution in [0.25, 0.3) is 10.9 Å². The van der Waals surface area contributed by atoms with E-state index in [1.165, 1.54) is 49.4 Å². The molecule has 1 saturated carbocycles. The van der Waals surface area contributed by atoms with E-state index >= 15 is 4.39 Å². The number of carbonyl (C=O) groups excluding carboxylic acids is 3. The van der Waals surface area contributed by atoms with Gasteiger partial charge in [-0.05, 0) is 81.6 Å². The monoisotopic (exact) mass is 754 g/mol. The fourth-order valence-corrected chi connectivity index (χ4v) is 7.47. The molecule has 1 aromatic heterocycles. The second kappa shape index (κ2) is 16.7. The number of nitrogens with two attached hydrogens (primary N) is 1. The number of fused-ring (bicyclic) bond motifs is 1. The van der Waals surface area contributed by atoms with Crippen LogP contribution in [-0.4, -0.2) is 67.4 Å². The van der Waals surface area contributed by atoms with E-state index in [0.717, 1.165) is 23.1 Å². The highest BCUT2D eigenvalue weighted by Crippen LogP contribution is 2.50. The minimum Gasteiger partial charge on any atom is -0.493 e. The van der Waals surface area contributed by atoms with E-state index in [2.05, 4.69) is 4.98 Å². The summed E-state index contributed by atoms with van der Waals surface area (Å²) in [5, 5.41) is 0.465. The zero-order valence-electron chi connectivity index (χ0n) is 29.8. The van der Waals surface area contributed by atoms with Crippen molar-refractivity contribution in [2.24, 2.45) is 11.1 Å². The van der Waals surface area contributed by atoms with Crippen molar-refractivity contribution < 1.29 is 51.0 Å². The fourth-order valence-electron chi connectivity index (χ4n) is 5.68. The molecule has 1 fully saturated rings. The predicted molar refractivity (Wildman–Crippen MR) is 192 cm³/mol. The van der Waals surface area contributed by atoms with Crippen LogP contribution in [0, 0.1) is 17.0 Å². The number of nitrogens with zero attached hydrogens (tertiary/aromatic N) is 3. The van der Waals surface area contributed by atoms with Gasteiger partial charge in [-0.1, -0.05) is 0 Å². The molecule has 4 aromatic rings. The molecule has 5 rings (SSSR count). The Morgan fingerprint density at radius 3 is 2.17 bits per heavy atom. The van der Waals surface area contributed by atoms with Gasteiger partial charge in [0.05, 0.1) is 38.1 Å². The standard InChI is InChI=1S/C37H41F2N4O9P/c1-5-50-53(47,51-6-2)23-42(24(3)44)18-7-19-49-34-21-28-30(22-33(34)48-4)41-17-14-31(28)52-32-13-12-27(20-29(32)39)43(26-10-8-25(38)9-11-26)36(46)37(15-16-37)35(40)45/h8-14,17,20-22H,5-7,15-16,18-19,23H2,1-4H3,(H2,40,45). The van der Waals surface area contributed by atoms with Gasteiger partial charge in [0.2, 0.25) is 17.7 Å².